The maximum Gasteiger partial charge on any atom is 0.223 e. The van der Waals surface area contributed by atoms with E-state index in [0.29, 0.717) is 15.1 Å². The molecule has 0 aliphatic rings. The summed E-state index contributed by atoms with van der Waals surface area (Å²) in [5, 5.41) is 1.87. The van der Waals surface area contributed by atoms with Gasteiger partial charge < -0.3 is 0 Å². The zero-order valence-corrected chi connectivity index (χ0v) is 9.59. The van der Waals surface area contributed by atoms with Crippen molar-refractivity contribution in [2.45, 2.75) is 10.1 Å². The smallest absolute Gasteiger partial charge is 0.223 e. The van der Waals surface area contributed by atoms with E-state index >= 15 is 0 Å². The van der Waals surface area contributed by atoms with Crippen molar-refractivity contribution in [1.82, 2.24) is 19.9 Å². The summed E-state index contributed by atoms with van der Waals surface area (Å²) in [6.45, 7) is 0. The maximum atomic E-state index is 5.89. The zero-order valence-electron chi connectivity index (χ0n) is 7.26. The van der Waals surface area contributed by atoms with Crippen molar-refractivity contribution in [3.8, 4) is 0 Å². The molecule has 7 heteroatoms. The van der Waals surface area contributed by atoms with Gasteiger partial charge in [0, 0.05) is 12.4 Å². The third-order valence-electron chi connectivity index (χ3n) is 1.42. The second-order valence-corrected chi connectivity index (χ2v) is 4.19. The minimum Gasteiger partial charge on any atom is -0.260 e. The van der Waals surface area contributed by atoms with Crippen LogP contribution in [0, 0.1) is 0 Å². The highest BCUT2D eigenvalue weighted by atomic mass is 35.5. The van der Waals surface area contributed by atoms with Gasteiger partial charge in [-0.2, -0.15) is 0 Å². The number of aromatic nitrogens is 4. The molecule has 0 radical (unpaired) electrons. The standard InChI is InChI=1S/C8H4Cl2N4S/c9-5-3-13-8(10)14-7(5)15-6-4-11-1-2-12-6/h1-4H. The molecule has 0 bridgehead atoms. The third kappa shape index (κ3) is 2.77. The van der Waals surface area contributed by atoms with Gasteiger partial charge in [-0.05, 0) is 23.4 Å². The van der Waals surface area contributed by atoms with E-state index in [1.54, 1.807) is 18.6 Å². The Morgan fingerprint density at radius 3 is 2.67 bits per heavy atom. The Morgan fingerprint density at radius 1 is 1.07 bits per heavy atom. The molecule has 0 aliphatic carbocycles. The average Bonchev–Trinajstić information content (AvgIpc) is 2.25. The Bertz CT molecular complexity index is 465. The van der Waals surface area contributed by atoms with Gasteiger partial charge in [0.1, 0.15) is 10.1 Å². The number of rotatable bonds is 2. The molecule has 2 heterocycles. The van der Waals surface area contributed by atoms with Crippen molar-refractivity contribution in [2.75, 3.05) is 0 Å². The van der Waals surface area contributed by atoms with Crippen LogP contribution in [0.2, 0.25) is 10.3 Å². The number of nitrogens with zero attached hydrogens (tertiary/aromatic N) is 4. The summed E-state index contributed by atoms with van der Waals surface area (Å²) >= 11 is 12.8. The van der Waals surface area contributed by atoms with Crippen molar-refractivity contribution in [1.29, 1.82) is 0 Å². The van der Waals surface area contributed by atoms with Gasteiger partial charge in [0.05, 0.1) is 17.4 Å². The Morgan fingerprint density at radius 2 is 1.93 bits per heavy atom. The molecular formula is C8H4Cl2N4S. The van der Waals surface area contributed by atoms with E-state index in [9.17, 15) is 0 Å². The summed E-state index contributed by atoms with van der Waals surface area (Å²) in [6.07, 6.45) is 6.27. The Balaban J connectivity index is 2.28. The fourth-order valence-corrected chi connectivity index (χ4v) is 1.94. The predicted molar refractivity (Wildman–Crippen MR) is 58.2 cm³/mol. The second kappa shape index (κ2) is 4.74. The Hall–Kier alpha value is -0.910. The molecular weight excluding hydrogens is 255 g/mol. The summed E-state index contributed by atoms with van der Waals surface area (Å²) in [5.74, 6) is 0. The maximum absolute atomic E-state index is 5.89. The van der Waals surface area contributed by atoms with Crippen LogP contribution in [-0.4, -0.2) is 19.9 Å². The van der Waals surface area contributed by atoms with E-state index in [0.717, 1.165) is 0 Å². The summed E-state index contributed by atoms with van der Waals surface area (Å²) in [6, 6.07) is 0. The molecule has 0 unspecified atom stereocenters. The fourth-order valence-electron chi connectivity index (χ4n) is 0.840. The molecule has 0 N–H and O–H groups in total. The number of hydrogen-bond donors (Lipinski definition) is 0. The highest BCUT2D eigenvalue weighted by molar-refractivity contribution is 7.99. The molecule has 0 fully saturated rings. The summed E-state index contributed by atoms with van der Waals surface area (Å²) in [5.41, 5.74) is 0. The molecule has 2 aromatic heterocycles. The summed E-state index contributed by atoms with van der Waals surface area (Å²) in [7, 11) is 0. The van der Waals surface area contributed by atoms with Crippen LogP contribution in [0.25, 0.3) is 0 Å². The largest absolute Gasteiger partial charge is 0.260 e. The van der Waals surface area contributed by atoms with Gasteiger partial charge in [-0.15, -0.1) is 0 Å². The van der Waals surface area contributed by atoms with Crippen molar-refractivity contribution in [3.05, 3.63) is 35.1 Å². The lowest BCUT2D eigenvalue weighted by Gasteiger charge is -2.01. The zero-order chi connectivity index (χ0) is 10.7. The molecule has 0 aliphatic heterocycles. The molecule has 2 aromatic rings. The van der Waals surface area contributed by atoms with Crippen molar-refractivity contribution < 1.29 is 0 Å². The Kier molecular flexibility index (Phi) is 3.35. The SMILES string of the molecule is Clc1ncc(Cl)c(Sc2cnccn2)n1. The lowest BCUT2D eigenvalue weighted by Crippen LogP contribution is -1.88. The summed E-state index contributed by atoms with van der Waals surface area (Å²) in [4.78, 5) is 15.8. The van der Waals surface area contributed by atoms with Gasteiger partial charge in [0.15, 0.2) is 0 Å². The first-order valence-electron chi connectivity index (χ1n) is 3.87. The van der Waals surface area contributed by atoms with Gasteiger partial charge in [0.2, 0.25) is 5.28 Å². The Labute approximate surface area is 100 Å². The minimum atomic E-state index is 0.158. The van der Waals surface area contributed by atoms with Crippen molar-refractivity contribution in [2.24, 2.45) is 0 Å². The molecule has 2 rings (SSSR count). The first kappa shape index (κ1) is 10.6. The van der Waals surface area contributed by atoms with Crippen LogP contribution in [0.5, 0.6) is 0 Å². The topological polar surface area (TPSA) is 51.6 Å². The molecule has 4 nitrogen and oxygen atoms in total. The van der Waals surface area contributed by atoms with Crippen LogP contribution in [0.3, 0.4) is 0 Å². The molecule has 15 heavy (non-hydrogen) atoms. The minimum absolute atomic E-state index is 0.158. The first-order valence-corrected chi connectivity index (χ1v) is 5.45. The summed E-state index contributed by atoms with van der Waals surface area (Å²) < 4.78 is 0. The van der Waals surface area contributed by atoms with E-state index in [-0.39, 0.29) is 5.28 Å². The fraction of sp³-hybridized carbons (Fsp3) is 0. The highest BCUT2D eigenvalue weighted by Crippen LogP contribution is 2.29. The van der Waals surface area contributed by atoms with Gasteiger partial charge in [0.25, 0.3) is 0 Å². The van der Waals surface area contributed by atoms with E-state index < -0.39 is 0 Å². The molecule has 0 saturated heterocycles. The van der Waals surface area contributed by atoms with E-state index in [1.807, 2.05) is 0 Å². The van der Waals surface area contributed by atoms with E-state index in [4.69, 9.17) is 23.2 Å². The molecule has 0 aromatic carbocycles. The molecule has 76 valence electrons. The van der Waals surface area contributed by atoms with E-state index in [1.165, 1.54) is 18.0 Å². The molecule has 0 saturated carbocycles. The van der Waals surface area contributed by atoms with Gasteiger partial charge >= 0.3 is 0 Å². The van der Waals surface area contributed by atoms with Crippen molar-refractivity contribution >= 4 is 35.0 Å². The van der Waals surface area contributed by atoms with Crippen LogP contribution in [0.15, 0.2) is 34.8 Å². The van der Waals surface area contributed by atoms with Crippen LogP contribution >= 0.6 is 35.0 Å². The van der Waals surface area contributed by atoms with Gasteiger partial charge in [-0.25, -0.2) is 15.0 Å². The predicted octanol–water partition coefficient (Wildman–Crippen LogP) is 2.72. The van der Waals surface area contributed by atoms with E-state index in [2.05, 4.69) is 19.9 Å². The average molecular weight is 259 g/mol. The van der Waals surface area contributed by atoms with Crippen LogP contribution in [-0.2, 0) is 0 Å². The van der Waals surface area contributed by atoms with Crippen molar-refractivity contribution in [3.63, 3.8) is 0 Å². The monoisotopic (exact) mass is 258 g/mol. The van der Waals surface area contributed by atoms with Gasteiger partial charge in [-0.1, -0.05) is 11.6 Å². The van der Waals surface area contributed by atoms with Gasteiger partial charge in [-0.3, -0.25) is 4.98 Å². The van der Waals surface area contributed by atoms with Crippen LogP contribution in [0.4, 0.5) is 0 Å². The number of hydrogen-bond acceptors (Lipinski definition) is 5. The van der Waals surface area contributed by atoms with Crippen LogP contribution < -0.4 is 0 Å². The first-order chi connectivity index (χ1) is 7.25. The highest BCUT2D eigenvalue weighted by Gasteiger charge is 2.07. The molecule has 0 atom stereocenters. The second-order valence-electron chi connectivity index (χ2n) is 2.44. The number of halogens is 2. The quantitative estimate of drug-likeness (QED) is 0.613. The lowest BCUT2D eigenvalue weighted by atomic mass is 10.7. The molecule has 0 spiro atoms. The van der Waals surface area contributed by atoms with Crippen LogP contribution in [0.1, 0.15) is 0 Å². The molecule has 0 amide bonds. The lowest BCUT2D eigenvalue weighted by molar-refractivity contribution is 1.02. The normalized spacial score (nSPS) is 10.3. The third-order valence-corrected chi connectivity index (χ3v) is 2.92.